The van der Waals surface area contributed by atoms with Gasteiger partial charge in [0.25, 0.3) is 5.56 Å². The molecule has 15 heteroatoms. The van der Waals surface area contributed by atoms with Gasteiger partial charge in [-0.15, -0.1) is 0 Å². The highest BCUT2D eigenvalue weighted by atomic mass is 19.1. The molecule has 3 atom stereocenters. The Morgan fingerprint density at radius 2 is 2.00 bits per heavy atom. The van der Waals surface area contributed by atoms with Gasteiger partial charge in [0.15, 0.2) is 0 Å². The number of hydrogen-bond acceptors (Lipinski definition) is 10. The second-order valence-electron chi connectivity index (χ2n) is 8.97. The molecule has 0 aromatic carbocycles. The average molecular weight is 527 g/mol. The number of amides is 1. The molecule has 0 saturated carbocycles. The smallest absolute Gasteiger partial charge is 0.408 e. The summed E-state index contributed by atoms with van der Waals surface area (Å²) >= 11 is 0. The maximum atomic E-state index is 13.8. The van der Waals surface area contributed by atoms with Crippen LogP contribution in [0.2, 0.25) is 0 Å². The minimum Gasteiger partial charge on any atom is -0.475 e. The molecule has 1 aliphatic rings. The summed E-state index contributed by atoms with van der Waals surface area (Å²) in [5.41, 5.74) is -2.88. The number of halogens is 1. The van der Waals surface area contributed by atoms with E-state index in [4.69, 9.17) is 28.5 Å². The Bertz CT molecular complexity index is 1260. The van der Waals surface area contributed by atoms with E-state index in [1.54, 1.807) is 20.8 Å². The Labute approximate surface area is 208 Å². The number of nitrogens with one attached hydrogen (secondary N) is 2. The number of H-pyrrole nitrogens is 1. The quantitative estimate of drug-likeness (QED) is 0.393. The van der Waals surface area contributed by atoms with Crippen molar-refractivity contribution in [3.63, 3.8) is 0 Å². The van der Waals surface area contributed by atoms with Crippen molar-refractivity contribution < 1.29 is 47.2 Å². The lowest BCUT2D eigenvalue weighted by Crippen LogP contribution is -2.37. The topological polar surface area (TPSA) is 188 Å². The van der Waals surface area contributed by atoms with E-state index in [9.17, 15) is 28.4 Å². The molecule has 0 unspecified atom stereocenters. The summed E-state index contributed by atoms with van der Waals surface area (Å²) < 4.78 is 41.4. The number of carbonyl (C=O) groups is 3. The van der Waals surface area contributed by atoms with Crippen LogP contribution in [-0.4, -0.2) is 63.7 Å². The third-order valence-corrected chi connectivity index (χ3v) is 4.91. The van der Waals surface area contributed by atoms with Crippen molar-refractivity contribution in [1.29, 1.82) is 0 Å². The Kier molecular flexibility index (Phi) is 8.49. The number of rotatable bonds is 9. The lowest BCUT2D eigenvalue weighted by atomic mass is 10.2. The number of carboxylic acid groups (broad SMARTS) is 1. The molecule has 2 aromatic heterocycles. The molecule has 3 heterocycles. The molecule has 1 saturated heterocycles. The molecule has 2 aromatic rings. The first-order chi connectivity index (χ1) is 17.3. The molecule has 1 aliphatic heterocycles. The van der Waals surface area contributed by atoms with Crippen molar-refractivity contribution in [2.75, 3.05) is 13.2 Å². The number of carboxylic acids is 1. The molecule has 202 valence electrons. The standard InChI is InChI=1S/C22H26FN3O11/c1-22(2,3)37-21(32)24-7-17(27)34-10-15-14(33-9-11-4-5-13(35-11)19(29)30)6-16(36-15)26-8-12(23)18(28)25-20(26)31/h4-5,8,14-16H,6-7,9-10H2,1-3H3,(H,24,32)(H,29,30)(H,25,28,31)/t14-,15+,16+/m0/s1. The molecule has 3 N–H and O–H groups in total. The molecular weight excluding hydrogens is 501 g/mol. The molecule has 1 amide bonds. The highest BCUT2D eigenvalue weighted by Crippen LogP contribution is 2.31. The highest BCUT2D eigenvalue weighted by molar-refractivity contribution is 5.84. The number of furan rings is 1. The van der Waals surface area contributed by atoms with Gasteiger partial charge in [0, 0.05) is 6.42 Å². The number of nitrogens with zero attached hydrogens (tertiary/aromatic N) is 1. The van der Waals surface area contributed by atoms with E-state index in [-0.39, 0.29) is 31.2 Å². The summed E-state index contributed by atoms with van der Waals surface area (Å²) in [6.07, 6.45) is -3.01. The van der Waals surface area contributed by atoms with Crippen LogP contribution in [-0.2, 0) is 30.3 Å². The zero-order chi connectivity index (χ0) is 27.3. The van der Waals surface area contributed by atoms with E-state index in [2.05, 4.69) is 5.32 Å². The zero-order valence-electron chi connectivity index (χ0n) is 20.1. The van der Waals surface area contributed by atoms with Crippen LogP contribution >= 0.6 is 0 Å². The van der Waals surface area contributed by atoms with Gasteiger partial charge in [-0.25, -0.2) is 14.4 Å². The van der Waals surface area contributed by atoms with E-state index in [0.29, 0.717) is 6.20 Å². The fourth-order valence-corrected chi connectivity index (χ4v) is 3.32. The fourth-order valence-electron chi connectivity index (χ4n) is 3.32. The van der Waals surface area contributed by atoms with Crippen molar-refractivity contribution >= 4 is 18.0 Å². The predicted octanol–water partition coefficient (Wildman–Crippen LogP) is 0.908. The summed E-state index contributed by atoms with van der Waals surface area (Å²) in [7, 11) is 0. The van der Waals surface area contributed by atoms with Gasteiger partial charge in [-0.1, -0.05) is 0 Å². The van der Waals surface area contributed by atoms with Crippen LogP contribution in [0.3, 0.4) is 0 Å². The van der Waals surface area contributed by atoms with Crippen molar-refractivity contribution in [3.8, 4) is 0 Å². The Hall–Kier alpha value is -3.98. The Morgan fingerprint density at radius 1 is 1.27 bits per heavy atom. The third kappa shape index (κ3) is 7.75. The van der Waals surface area contributed by atoms with Gasteiger partial charge in [0.2, 0.25) is 11.6 Å². The minimum atomic E-state index is -1.26. The number of aromatic amines is 1. The monoisotopic (exact) mass is 527 g/mol. The second-order valence-corrected chi connectivity index (χ2v) is 8.97. The van der Waals surface area contributed by atoms with Crippen LogP contribution in [0.15, 0.2) is 32.3 Å². The molecular formula is C22H26FN3O11. The number of aromatic carboxylic acids is 1. The van der Waals surface area contributed by atoms with Crippen LogP contribution in [0, 0.1) is 5.82 Å². The number of esters is 1. The van der Waals surface area contributed by atoms with Crippen LogP contribution in [0.4, 0.5) is 9.18 Å². The highest BCUT2D eigenvalue weighted by Gasteiger charge is 2.39. The van der Waals surface area contributed by atoms with Crippen molar-refractivity contribution in [2.24, 2.45) is 0 Å². The molecule has 1 fully saturated rings. The predicted molar refractivity (Wildman–Crippen MR) is 119 cm³/mol. The summed E-state index contributed by atoms with van der Waals surface area (Å²) in [5, 5.41) is 11.2. The van der Waals surface area contributed by atoms with E-state index in [0.717, 1.165) is 4.57 Å². The van der Waals surface area contributed by atoms with Crippen LogP contribution in [0.25, 0.3) is 0 Å². The van der Waals surface area contributed by atoms with E-state index in [1.807, 2.05) is 4.98 Å². The van der Waals surface area contributed by atoms with Gasteiger partial charge in [0.1, 0.15) is 43.5 Å². The van der Waals surface area contributed by atoms with E-state index >= 15 is 0 Å². The largest absolute Gasteiger partial charge is 0.475 e. The molecule has 14 nitrogen and oxygen atoms in total. The molecule has 0 spiro atoms. The maximum Gasteiger partial charge on any atom is 0.408 e. The first kappa shape index (κ1) is 27.6. The SMILES string of the molecule is CC(C)(C)OC(=O)NCC(=O)OC[C@H]1O[C@@H](n2cc(F)c(=O)[nH]c2=O)C[C@@H]1OCc1ccc(C(=O)O)o1. The van der Waals surface area contributed by atoms with Gasteiger partial charge >= 0.3 is 23.7 Å². The Balaban J connectivity index is 1.65. The molecule has 37 heavy (non-hydrogen) atoms. The van der Waals surface area contributed by atoms with Gasteiger partial charge < -0.3 is 33.8 Å². The number of hydrogen-bond donors (Lipinski definition) is 3. The lowest BCUT2D eigenvalue weighted by Gasteiger charge is -2.20. The third-order valence-electron chi connectivity index (χ3n) is 4.91. The molecule has 3 rings (SSSR count). The normalized spacial score (nSPS) is 19.4. The van der Waals surface area contributed by atoms with Crippen molar-refractivity contribution in [2.45, 2.75) is 57.8 Å². The fraction of sp³-hybridized carbons (Fsp3) is 0.500. The van der Waals surface area contributed by atoms with Crippen LogP contribution in [0.1, 0.15) is 49.7 Å². The van der Waals surface area contributed by atoms with Crippen LogP contribution in [0.5, 0.6) is 0 Å². The van der Waals surface area contributed by atoms with Gasteiger partial charge in [-0.2, -0.15) is 4.39 Å². The average Bonchev–Trinajstić information content (AvgIpc) is 3.43. The molecule has 0 radical (unpaired) electrons. The summed E-state index contributed by atoms with van der Waals surface area (Å²) in [5.74, 6) is -3.40. The first-order valence-corrected chi connectivity index (χ1v) is 11.0. The number of carbonyl (C=O) groups excluding carboxylic acids is 2. The van der Waals surface area contributed by atoms with Crippen molar-refractivity contribution in [1.82, 2.24) is 14.9 Å². The van der Waals surface area contributed by atoms with E-state index in [1.165, 1.54) is 12.1 Å². The van der Waals surface area contributed by atoms with Gasteiger partial charge in [-0.3, -0.25) is 19.1 Å². The first-order valence-electron chi connectivity index (χ1n) is 11.0. The van der Waals surface area contributed by atoms with Gasteiger partial charge in [0.05, 0.1) is 12.3 Å². The number of aromatic nitrogens is 2. The zero-order valence-corrected chi connectivity index (χ0v) is 20.1. The Morgan fingerprint density at radius 3 is 2.65 bits per heavy atom. The van der Waals surface area contributed by atoms with Crippen LogP contribution < -0.4 is 16.6 Å². The molecule has 0 aliphatic carbocycles. The number of alkyl carbamates (subject to hydrolysis) is 1. The second kappa shape index (κ2) is 11.4. The van der Waals surface area contributed by atoms with Crippen molar-refractivity contribution in [3.05, 3.63) is 56.5 Å². The summed E-state index contributed by atoms with van der Waals surface area (Å²) in [6.45, 7) is 3.92. The lowest BCUT2D eigenvalue weighted by molar-refractivity contribution is -0.150. The molecule has 0 bridgehead atoms. The maximum absolute atomic E-state index is 13.8. The van der Waals surface area contributed by atoms with E-state index < -0.39 is 65.7 Å². The summed E-state index contributed by atoms with van der Waals surface area (Å²) in [6, 6.07) is 2.64. The minimum absolute atomic E-state index is 0.0176. The van der Waals surface area contributed by atoms with Gasteiger partial charge in [-0.05, 0) is 32.9 Å². The summed E-state index contributed by atoms with van der Waals surface area (Å²) in [4.78, 5) is 60.1. The number of ether oxygens (including phenoxy) is 4.